The summed E-state index contributed by atoms with van der Waals surface area (Å²) in [4.78, 5) is 26.8. The van der Waals surface area contributed by atoms with Gasteiger partial charge in [-0.1, -0.05) is 18.2 Å². The fourth-order valence-electron chi connectivity index (χ4n) is 2.28. The van der Waals surface area contributed by atoms with E-state index in [0.717, 1.165) is 0 Å². The van der Waals surface area contributed by atoms with Crippen molar-refractivity contribution in [2.75, 3.05) is 0 Å². The zero-order valence-electron chi connectivity index (χ0n) is 11.4. The first kappa shape index (κ1) is 13.2. The molecule has 3 aromatic rings. The van der Waals surface area contributed by atoms with Crippen molar-refractivity contribution in [1.29, 1.82) is 0 Å². The van der Waals surface area contributed by atoms with Crippen molar-refractivity contribution < 1.29 is 9.21 Å². The van der Waals surface area contributed by atoms with Gasteiger partial charge in [0.1, 0.15) is 5.76 Å². The van der Waals surface area contributed by atoms with Crippen LogP contribution in [0.15, 0.2) is 57.9 Å². The number of benzene rings is 1. The monoisotopic (exact) mass is 282 g/mol. The van der Waals surface area contributed by atoms with Gasteiger partial charge in [-0.2, -0.15) is 0 Å². The fraction of sp³-hybridized carbons (Fsp3) is 0.125. The number of para-hydroxylation sites is 1. The smallest absolute Gasteiger partial charge is 0.252 e. The van der Waals surface area contributed by atoms with Crippen molar-refractivity contribution in [3.05, 3.63) is 70.4 Å². The molecule has 1 atom stereocenters. The molecule has 21 heavy (non-hydrogen) atoms. The Labute approximate surface area is 120 Å². The Kier molecular flexibility index (Phi) is 3.31. The Morgan fingerprint density at radius 1 is 1.24 bits per heavy atom. The van der Waals surface area contributed by atoms with Gasteiger partial charge >= 0.3 is 0 Å². The van der Waals surface area contributed by atoms with E-state index < -0.39 is 0 Å². The number of hydrogen-bond acceptors (Lipinski definition) is 3. The number of H-pyrrole nitrogens is 1. The van der Waals surface area contributed by atoms with Crippen LogP contribution in [0.2, 0.25) is 0 Å². The van der Waals surface area contributed by atoms with Gasteiger partial charge in [0, 0.05) is 17.0 Å². The van der Waals surface area contributed by atoms with Crippen LogP contribution in [0.5, 0.6) is 0 Å². The normalized spacial score (nSPS) is 12.2. The van der Waals surface area contributed by atoms with E-state index >= 15 is 0 Å². The third-order valence-electron chi connectivity index (χ3n) is 3.31. The van der Waals surface area contributed by atoms with Gasteiger partial charge in [-0.25, -0.2) is 0 Å². The van der Waals surface area contributed by atoms with Gasteiger partial charge in [-0.3, -0.25) is 9.59 Å². The van der Waals surface area contributed by atoms with Gasteiger partial charge < -0.3 is 14.7 Å². The van der Waals surface area contributed by atoms with E-state index in [1.165, 1.54) is 6.07 Å². The summed E-state index contributed by atoms with van der Waals surface area (Å²) in [6, 6.07) is 11.8. The summed E-state index contributed by atoms with van der Waals surface area (Å²) in [5.74, 6) is 0.360. The third-order valence-corrected chi connectivity index (χ3v) is 3.31. The minimum absolute atomic E-state index is 0.273. The van der Waals surface area contributed by atoms with Crippen molar-refractivity contribution in [3.8, 4) is 0 Å². The number of nitrogens with one attached hydrogen (secondary N) is 2. The van der Waals surface area contributed by atoms with Crippen LogP contribution in [-0.4, -0.2) is 10.9 Å². The molecule has 0 radical (unpaired) electrons. The number of furan rings is 1. The predicted octanol–water partition coefficient (Wildman–Crippen LogP) is 2.61. The molecule has 0 aliphatic carbocycles. The van der Waals surface area contributed by atoms with E-state index in [9.17, 15) is 9.59 Å². The van der Waals surface area contributed by atoms with Crippen molar-refractivity contribution in [1.82, 2.24) is 10.3 Å². The number of carbonyl (C=O) groups is 1. The van der Waals surface area contributed by atoms with Crippen molar-refractivity contribution in [2.24, 2.45) is 0 Å². The standard InChI is InChI=1S/C16H14N2O3/c1-10(14-7-4-8-21-14)17-16(20)12-9-15(19)18-13-6-3-2-5-11(12)13/h2-10H,1H3,(H,17,20)(H,18,19)/t10-/m1/s1. The molecule has 0 spiro atoms. The second-order valence-electron chi connectivity index (χ2n) is 4.80. The van der Waals surface area contributed by atoms with Crippen LogP contribution in [-0.2, 0) is 0 Å². The maximum Gasteiger partial charge on any atom is 0.252 e. The minimum atomic E-state index is -0.304. The largest absolute Gasteiger partial charge is 0.467 e. The molecular formula is C16H14N2O3. The van der Waals surface area contributed by atoms with Crippen LogP contribution < -0.4 is 10.9 Å². The number of fused-ring (bicyclic) bond motifs is 1. The first-order valence-electron chi connectivity index (χ1n) is 6.61. The Balaban J connectivity index is 1.96. The van der Waals surface area contributed by atoms with E-state index in [-0.39, 0.29) is 17.5 Å². The Hall–Kier alpha value is -2.82. The zero-order valence-corrected chi connectivity index (χ0v) is 11.4. The Morgan fingerprint density at radius 2 is 2.05 bits per heavy atom. The number of rotatable bonds is 3. The maximum absolute atomic E-state index is 12.4. The molecule has 2 heterocycles. The lowest BCUT2D eigenvalue weighted by molar-refractivity contribution is 0.0937. The predicted molar refractivity (Wildman–Crippen MR) is 79.2 cm³/mol. The highest BCUT2D eigenvalue weighted by Crippen LogP contribution is 2.17. The molecule has 5 heteroatoms. The first-order chi connectivity index (χ1) is 10.1. The lowest BCUT2D eigenvalue weighted by Gasteiger charge is -2.12. The quantitative estimate of drug-likeness (QED) is 0.775. The molecule has 0 bridgehead atoms. The van der Waals surface area contributed by atoms with Crippen LogP contribution in [0.4, 0.5) is 0 Å². The molecule has 0 fully saturated rings. The number of hydrogen-bond donors (Lipinski definition) is 2. The van der Waals surface area contributed by atoms with E-state index in [0.29, 0.717) is 22.2 Å². The summed E-state index contributed by atoms with van der Waals surface area (Å²) in [6.07, 6.45) is 1.56. The molecule has 106 valence electrons. The number of aromatic amines is 1. The van der Waals surface area contributed by atoms with Gasteiger partial charge in [0.25, 0.3) is 5.91 Å². The van der Waals surface area contributed by atoms with Gasteiger partial charge in [-0.05, 0) is 25.1 Å². The molecule has 0 aliphatic rings. The second kappa shape index (κ2) is 5.28. The van der Waals surface area contributed by atoms with Crippen molar-refractivity contribution >= 4 is 16.8 Å². The number of aromatic nitrogens is 1. The average molecular weight is 282 g/mol. The Morgan fingerprint density at radius 3 is 2.81 bits per heavy atom. The molecule has 0 unspecified atom stereocenters. The molecule has 0 saturated heterocycles. The first-order valence-corrected chi connectivity index (χ1v) is 6.61. The molecule has 5 nitrogen and oxygen atoms in total. The maximum atomic E-state index is 12.4. The van der Waals surface area contributed by atoms with Crippen LogP contribution in [0.1, 0.15) is 29.1 Å². The van der Waals surface area contributed by atoms with E-state index in [2.05, 4.69) is 10.3 Å². The van der Waals surface area contributed by atoms with Gasteiger partial charge in [0.15, 0.2) is 0 Å². The number of pyridine rings is 1. The molecule has 1 aromatic carbocycles. The highest BCUT2D eigenvalue weighted by atomic mass is 16.3. The molecular weight excluding hydrogens is 268 g/mol. The summed E-state index contributed by atoms with van der Waals surface area (Å²) in [5.41, 5.74) is 0.693. The van der Waals surface area contributed by atoms with Crippen molar-refractivity contribution in [3.63, 3.8) is 0 Å². The van der Waals surface area contributed by atoms with E-state index in [1.54, 1.807) is 30.5 Å². The van der Waals surface area contributed by atoms with Crippen LogP contribution >= 0.6 is 0 Å². The minimum Gasteiger partial charge on any atom is -0.467 e. The van der Waals surface area contributed by atoms with E-state index in [4.69, 9.17) is 4.42 Å². The lowest BCUT2D eigenvalue weighted by atomic mass is 10.1. The number of amides is 1. The van der Waals surface area contributed by atoms with E-state index in [1.807, 2.05) is 19.1 Å². The highest BCUT2D eigenvalue weighted by Gasteiger charge is 2.16. The molecule has 2 aromatic heterocycles. The SMILES string of the molecule is C[C@@H](NC(=O)c1cc(=O)[nH]c2ccccc12)c1ccco1. The van der Waals surface area contributed by atoms with Gasteiger partial charge in [0.05, 0.1) is 17.9 Å². The second-order valence-corrected chi connectivity index (χ2v) is 4.80. The molecule has 1 amide bonds. The molecule has 3 rings (SSSR count). The zero-order chi connectivity index (χ0) is 14.8. The molecule has 0 aliphatic heterocycles. The van der Waals surface area contributed by atoms with Gasteiger partial charge in [-0.15, -0.1) is 0 Å². The topological polar surface area (TPSA) is 75.1 Å². The lowest BCUT2D eigenvalue weighted by Crippen LogP contribution is -2.27. The molecule has 2 N–H and O–H groups in total. The summed E-state index contributed by atoms with van der Waals surface area (Å²) < 4.78 is 5.26. The summed E-state index contributed by atoms with van der Waals surface area (Å²) >= 11 is 0. The summed E-state index contributed by atoms with van der Waals surface area (Å²) in [7, 11) is 0. The average Bonchev–Trinajstić information content (AvgIpc) is 3.00. The highest BCUT2D eigenvalue weighted by molar-refractivity contribution is 6.06. The van der Waals surface area contributed by atoms with Crippen LogP contribution in [0.3, 0.4) is 0 Å². The van der Waals surface area contributed by atoms with Crippen LogP contribution in [0.25, 0.3) is 10.9 Å². The summed E-state index contributed by atoms with van der Waals surface area (Å²) in [5, 5.41) is 3.54. The molecule has 0 saturated carbocycles. The Bertz CT molecular complexity index is 834. The third kappa shape index (κ3) is 2.58. The van der Waals surface area contributed by atoms with Crippen molar-refractivity contribution in [2.45, 2.75) is 13.0 Å². The summed E-state index contributed by atoms with van der Waals surface area (Å²) in [6.45, 7) is 1.83. The fourth-order valence-corrected chi connectivity index (χ4v) is 2.28. The van der Waals surface area contributed by atoms with Gasteiger partial charge in [0.2, 0.25) is 5.56 Å². The number of carbonyl (C=O) groups excluding carboxylic acids is 1. The van der Waals surface area contributed by atoms with Crippen LogP contribution in [0, 0.1) is 0 Å².